The van der Waals surface area contributed by atoms with Crippen molar-refractivity contribution in [2.24, 2.45) is 0 Å². The van der Waals surface area contributed by atoms with E-state index in [1.807, 2.05) is 18.3 Å². The van der Waals surface area contributed by atoms with Crippen molar-refractivity contribution in [2.45, 2.75) is 25.7 Å². The van der Waals surface area contributed by atoms with E-state index in [-0.39, 0.29) is 6.61 Å². The summed E-state index contributed by atoms with van der Waals surface area (Å²) in [4.78, 5) is 4.20. The van der Waals surface area contributed by atoms with E-state index >= 15 is 0 Å². The van der Waals surface area contributed by atoms with Gasteiger partial charge >= 0.3 is 0 Å². The third-order valence-electron chi connectivity index (χ3n) is 2.42. The second kappa shape index (κ2) is 4.53. The van der Waals surface area contributed by atoms with E-state index in [0.717, 1.165) is 11.7 Å². The first-order chi connectivity index (χ1) is 6.60. The van der Waals surface area contributed by atoms with Gasteiger partial charge in [-0.05, 0) is 17.3 Å². The summed E-state index contributed by atoms with van der Waals surface area (Å²) in [6.07, 6.45) is 3.87. The SMILES string of the molecule is C=CC[Si](C)(C)c1ccc(CO)nc1. The lowest BCUT2D eigenvalue weighted by atomic mass is 10.4. The van der Waals surface area contributed by atoms with Crippen molar-refractivity contribution < 1.29 is 5.11 Å². The highest BCUT2D eigenvalue weighted by molar-refractivity contribution is 6.90. The molecule has 14 heavy (non-hydrogen) atoms. The van der Waals surface area contributed by atoms with E-state index in [1.165, 1.54) is 5.19 Å². The molecule has 0 unspecified atom stereocenters. The molecule has 0 aliphatic heterocycles. The van der Waals surface area contributed by atoms with Crippen LogP contribution in [0, 0.1) is 0 Å². The van der Waals surface area contributed by atoms with Crippen molar-refractivity contribution in [1.29, 1.82) is 0 Å². The Balaban J connectivity index is 2.90. The fourth-order valence-electron chi connectivity index (χ4n) is 1.40. The Kier molecular flexibility index (Phi) is 3.60. The number of pyridine rings is 1. The molecular weight excluding hydrogens is 190 g/mol. The molecule has 0 aromatic carbocycles. The average Bonchev–Trinajstić information content (AvgIpc) is 2.18. The van der Waals surface area contributed by atoms with E-state index in [4.69, 9.17) is 5.11 Å². The number of allylic oxidation sites excluding steroid dienone is 1. The van der Waals surface area contributed by atoms with Crippen LogP contribution < -0.4 is 5.19 Å². The molecule has 0 atom stereocenters. The predicted octanol–water partition coefficient (Wildman–Crippen LogP) is 1.68. The molecule has 2 nitrogen and oxygen atoms in total. The Morgan fingerprint density at radius 3 is 2.64 bits per heavy atom. The fourth-order valence-corrected chi connectivity index (χ4v) is 3.30. The fraction of sp³-hybridized carbons (Fsp3) is 0.364. The zero-order valence-electron chi connectivity index (χ0n) is 8.83. The van der Waals surface area contributed by atoms with Crippen LogP contribution in [-0.2, 0) is 6.61 Å². The van der Waals surface area contributed by atoms with E-state index < -0.39 is 8.07 Å². The molecule has 0 aliphatic carbocycles. The molecule has 0 aliphatic rings. The zero-order chi connectivity index (χ0) is 10.6. The summed E-state index contributed by atoms with van der Waals surface area (Å²) in [5.74, 6) is 0. The summed E-state index contributed by atoms with van der Waals surface area (Å²) in [5, 5.41) is 10.2. The summed E-state index contributed by atoms with van der Waals surface area (Å²) in [6, 6.07) is 5.04. The highest BCUT2D eigenvalue weighted by atomic mass is 28.3. The van der Waals surface area contributed by atoms with Crippen LogP contribution in [0.2, 0.25) is 19.1 Å². The van der Waals surface area contributed by atoms with Crippen LogP contribution in [-0.4, -0.2) is 18.2 Å². The Morgan fingerprint density at radius 1 is 1.50 bits per heavy atom. The summed E-state index contributed by atoms with van der Waals surface area (Å²) < 4.78 is 0. The number of hydrogen-bond donors (Lipinski definition) is 1. The Bertz CT molecular complexity index is 306. The van der Waals surface area contributed by atoms with Gasteiger partial charge < -0.3 is 5.11 Å². The van der Waals surface area contributed by atoms with Crippen LogP contribution in [0.5, 0.6) is 0 Å². The summed E-state index contributed by atoms with van der Waals surface area (Å²) in [5.41, 5.74) is 0.733. The minimum Gasteiger partial charge on any atom is -0.390 e. The van der Waals surface area contributed by atoms with E-state index in [1.54, 1.807) is 0 Å². The number of rotatable bonds is 4. The first-order valence-corrected chi connectivity index (χ1v) is 7.98. The molecule has 0 bridgehead atoms. The number of aromatic nitrogens is 1. The number of aliphatic hydroxyl groups excluding tert-OH is 1. The zero-order valence-corrected chi connectivity index (χ0v) is 9.83. The number of hydrogen-bond acceptors (Lipinski definition) is 2. The van der Waals surface area contributed by atoms with Crippen molar-refractivity contribution in [3.63, 3.8) is 0 Å². The monoisotopic (exact) mass is 207 g/mol. The van der Waals surface area contributed by atoms with Gasteiger partial charge in [0.05, 0.1) is 20.4 Å². The van der Waals surface area contributed by atoms with Gasteiger partial charge in [0.15, 0.2) is 0 Å². The Morgan fingerprint density at radius 2 is 2.21 bits per heavy atom. The topological polar surface area (TPSA) is 33.1 Å². The number of aliphatic hydroxyl groups is 1. The second-order valence-corrected chi connectivity index (χ2v) is 8.83. The maximum atomic E-state index is 8.87. The summed E-state index contributed by atoms with van der Waals surface area (Å²) in [6.45, 7) is 8.39. The van der Waals surface area contributed by atoms with Crippen molar-refractivity contribution in [1.82, 2.24) is 4.98 Å². The molecule has 0 radical (unpaired) electrons. The first-order valence-electron chi connectivity index (χ1n) is 4.77. The predicted molar refractivity (Wildman–Crippen MR) is 62.3 cm³/mol. The van der Waals surface area contributed by atoms with Gasteiger partial charge in [-0.2, -0.15) is 0 Å². The number of nitrogens with zero attached hydrogens (tertiary/aromatic N) is 1. The lowest BCUT2D eigenvalue weighted by Gasteiger charge is -2.20. The standard InChI is InChI=1S/C11H17NOSi/c1-4-7-14(2,3)11-6-5-10(9-13)12-8-11/h4-6,8,13H,1,7,9H2,2-3H3. The van der Waals surface area contributed by atoms with Crippen LogP contribution in [0.1, 0.15) is 5.69 Å². The minimum atomic E-state index is -1.38. The van der Waals surface area contributed by atoms with Gasteiger partial charge in [-0.1, -0.05) is 25.2 Å². The molecule has 0 spiro atoms. The second-order valence-electron chi connectivity index (χ2n) is 4.07. The first kappa shape index (κ1) is 11.1. The molecule has 0 saturated carbocycles. The van der Waals surface area contributed by atoms with E-state index in [2.05, 4.69) is 30.7 Å². The van der Waals surface area contributed by atoms with Crippen molar-refractivity contribution >= 4 is 13.3 Å². The van der Waals surface area contributed by atoms with Gasteiger partial charge in [-0.3, -0.25) is 4.98 Å². The van der Waals surface area contributed by atoms with Gasteiger partial charge in [-0.15, -0.1) is 6.58 Å². The molecule has 0 fully saturated rings. The average molecular weight is 207 g/mol. The van der Waals surface area contributed by atoms with E-state index in [9.17, 15) is 0 Å². The summed E-state index contributed by atoms with van der Waals surface area (Å²) >= 11 is 0. The third-order valence-corrected chi connectivity index (χ3v) is 5.59. The van der Waals surface area contributed by atoms with Crippen LogP contribution in [0.15, 0.2) is 31.0 Å². The molecule has 1 rings (SSSR count). The van der Waals surface area contributed by atoms with E-state index in [0.29, 0.717) is 0 Å². The molecule has 1 heterocycles. The maximum Gasteiger partial charge on any atom is 0.0863 e. The van der Waals surface area contributed by atoms with Crippen LogP contribution >= 0.6 is 0 Å². The molecular formula is C11H17NOSi. The van der Waals surface area contributed by atoms with Gasteiger partial charge in [-0.25, -0.2) is 0 Å². The molecule has 0 saturated heterocycles. The minimum absolute atomic E-state index is 0.0176. The Hall–Kier alpha value is -0.933. The summed E-state index contributed by atoms with van der Waals surface area (Å²) in [7, 11) is -1.38. The highest BCUT2D eigenvalue weighted by Gasteiger charge is 2.21. The van der Waals surface area contributed by atoms with Gasteiger partial charge in [0.1, 0.15) is 0 Å². The smallest absolute Gasteiger partial charge is 0.0863 e. The molecule has 1 aromatic heterocycles. The van der Waals surface area contributed by atoms with Crippen molar-refractivity contribution in [3.05, 3.63) is 36.7 Å². The maximum absolute atomic E-state index is 8.87. The molecule has 3 heteroatoms. The van der Waals surface area contributed by atoms with Crippen molar-refractivity contribution in [2.75, 3.05) is 0 Å². The lowest BCUT2D eigenvalue weighted by molar-refractivity contribution is 0.277. The van der Waals surface area contributed by atoms with Crippen LogP contribution in [0.25, 0.3) is 0 Å². The van der Waals surface area contributed by atoms with Gasteiger partial charge in [0, 0.05) is 6.20 Å². The molecule has 76 valence electrons. The third kappa shape index (κ3) is 2.53. The normalized spacial score (nSPS) is 11.4. The van der Waals surface area contributed by atoms with Gasteiger partial charge in [0.2, 0.25) is 0 Å². The van der Waals surface area contributed by atoms with Crippen LogP contribution in [0.3, 0.4) is 0 Å². The van der Waals surface area contributed by atoms with Crippen molar-refractivity contribution in [3.8, 4) is 0 Å². The highest BCUT2D eigenvalue weighted by Crippen LogP contribution is 2.09. The Labute approximate surface area is 86.3 Å². The largest absolute Gasteiger partial charge is 0.390 e. The lowest BCUT2D eigenvalue weighted by Crippen LogP contribution is -2.40. The van der Waals surface area contributed by atoms with Gasteiger partial charge in [0.25, 0.3) is 0 Å². The quantitative estimate of drug-likeness (QED) is 0.602. The molecule has 0 amide bonds. The molecule has 1 N–H and O–H groups in total. The van der Waals surface area contributed by atoms with Crippen LogP contribution in [0.4, 0.5) is 0 Å². The molecule has 1 aromatic rings.